The molecule has 0 aliphatic carbocycles. The van der Waals surface area contributed by atoms with Gasteiger partial charge < -0.3 is 5.32 Å². The van der Waals surface area contributed by atoms with Gasteiger partial charge in [-0.15, -0.1) is 0 Å². The number of piperidine rings is 1. The van der Waals surface area contributed by atoms with Crippen LogP contribution in [0.25, 0.3) is 10.5 Å². The van der Waals surface area contributed by atoms with E-state index >= 15 is 0 Å². The van der Waals surface area contributed by atoms with Crippen molar-refractivity contribution in [2.75, 3.05) is 13.1 Å². The van der Waals surface area contributed by atoms with Gasteiger partial charge in [-0.2, -0.15) is 0 Å². The molecule has 1 saturated heterocycles. The Morgan fingerprint density at radius 2 is 2.27 bits per heavy atom. The molecule has 1 aliphatic rings. The molecule has 2 aromatic rings. The Kier molecular flexibility index (Phi) is 2.34. The van der Waals surface area contributed by atoms with Crippen LogP contribution < -0.4 is 5.32 Å². The molecule has 0 amide bonds. The van der Waals surface area contributed by atoms with Crippen LogP contribution in [0.4, 0.5) is 0 Å². The summed E-state index contributed by atoms with van der Waals surface area (Å²) in [6.07, 6.45) is 5.89. The van der Waals surface area contributed by atoms with Crippen LogP contribution in [0.5, 0.6) is 0 Å². The molecule has 0 saturated carbocycles. The molecule has 1 fully saturated rings. The van der Waals surface area contributed by atoms with Gasteiger partial charge in [-0.05, 0) is 19.4 Å². The summed E-state index contributed by atoms with van der Waals surface area (Å²) in [4.78, 5) is 14.0. The van der Waals surface area contributed by atoms with Crippen molar-refractivity contribution >= 4 is 21.8 Å². The SMILES string of the molecule is c1cnc2sc(C3CCCNC3)nc2n1. The Morgan fingerprint density at radius 1 is 1.33 bits per heavy atom. The minimum atomic E-state index is 0.555. The first-order valence-corrected chi connectivity index (χ1v) is 6.03. The van der Waals surface area contributed by atoms with E-state index in [9.17, 15) is 0 Å². The fraction of sp³-hybridized carbons (Fsp3) is 0.500. The van der Waals surface area contributed by atoms with E-state index in [4.69, 9.17) is 0 Å². The largest absolute Gasteiger partial charge is 0.316 e. The van der Waals surface area contributed by atoms with E-state index in [1.807, 2.05) is 0 Å². The van der Waals surface area contributed by atoms with Gasteiger partial charge in [0.15, 0.2) is 10.5 Å². The summed E-state index contributed by atoms with van der Waals surface area (Å²) < 4.78 is 0. The summed E-state index contributed by atoms with van der Waals surface area (Å²) in [5.41, 5.74) is 0.795. The third-order valence-electron chi connectivity index (χ3n) is 2.71. The van der Waals surface area contributed by atoms with Gasteiger partial charge in [0.05, 0.1) is 0 Å². The lowest BCUT2D eigenvalue weighted by Gasteiger charge is -2.20. The molecule has 1 atom stereocenters. The third-order valence-corrected chi connectivity index (χ3v) is 3.83. The van der Waals surface area contributed by atoms with Crippen molar-refractivity contribution in [3.05, 3.63) is 17.4 Å². The highest BCUT2D eigenvalue weighted by molar-refractivity contribution is 7.18. The highest BCUT2D eigenvalue weighted by Gasteiger charge is 2.19. The molecule has 15 heavy (non-hydrogen) atoms. The van der Waals surface area contributed by atoms with Gasteiger partial charge in [0.2, 0.25) is 0 Å². The van der Waals surface area contributed by atoms with Gasteiger partial charge in [-0.3, -0.25) is 0 Å². The molecule has 78 valence electrons. The predicted molar refractivity (Wildman–Crippen MR) is 60.1 cm³/mol. The number of aromatic nitrogens is 3. The standard InChI is InChI=1S/C10H12N4S/c1-2-7(6-11-3-1)9-14-8-10(15-9)13-5-4-12-8/h4-5,7,11H,1-3,6H2. The second-order valence-electron chi connectivity index (χ2n) is 3.78. The number of thiazole rings is 1. The Morgan fingerprint density at radius 3 is 3.07 bits per heavy atom. The fourth-order valence-corrected chi connectivity index (χ4v) is 2.93. The fourth-order valence-electron chi connectivity index (χ4n) is 1.93. The number of hydrogen-bond donors (Lipinski definition) is 1. The smallest absolute Gasteiger partial charge is 0.189 e. The van der Waals surface area contributed by atoms with Crippen LogP contribution in [0, 0.1) is 0 Å². The average molecular weight is 220 g/mol. The van der Waals surface area contributed by atoms with Crippen LogP contribution in [0.15, 0.2) is 12.4 Å². The van der Waals surface area contributed by atoms with Gasteiger partial charge >= 0.3 is 0 Å². The normalized spacial score (nSPS) is 22.0. The van der Waals surface area contributed by atoms with Crippen LogP contribution >= 0.6 is 11.3 Å². The molecule has 0 radical (unpaired) electrons. The van der Waals surface area contributed by atoms with E-state index in [0.717, 1.165) is 23.6 Å². The zero-order valence-corrected chi connectivity index (χ0v) is 9.13. The molecule has 2 aromatic heterocycles. The summed E-state index contributed by atoms with van der Waals surface area (Å²) in [6, 6.07) is 0. The van der Waals surface area contributed by atoms with Gasteiger partial charge in [0.25, 0.3) is 0 Å². The molecule has 0 aromatic carbocycles. The number of rotatable bonds is 1. The van der Waals surface area contributed by atoms with Gasteiger partial charge in [0, 0.05) is 24.9 Å². The zero-order chi connectivity index (χ0) is 10.1. The lowest BCUT2D eigenvalue weighted by molar-refractivity contribution is 0.461. The monoisotopic (exact) mass is 220 g/mol. The first-order chi connectivity index (χ1) is 7.43. The van der Waals surface area contributed by atoms with Crippen molar-refractivity contribution in [1.82, 2.24) is 20.3 Å². The third kappa shape index (κ3) is 1.72. The predicted octanol–water partition coefficient (Wildman–Crippen LogP) is 1.55. The summed E-state index contributed by atoms with van der Waals surface area (Å²) >= 11 is 1.68. The molecule has 0 spiro atoms. The molecule has 5 heteroatoms. The molecule has 1 aliphatic heterocycles. The Labute approximate surface area is 91.8 Å². The number of fused-ring (bicyclic) bond motifs is 1. The van der Waals surface area contributed by atoms with Crippen molar-refractivity contribution in [3.8, 4) is 0 Å². The first-order valence-electron chi connectivity index (χ1n) is 5.21. The Balaban J connectivity index is 1.96. The van der Waals surface area contributed by atoms with E-state index in [2.05, 4.69) is 20.3 Å². The van der Waals surface area contributed by atoms with Crippen LogP contribution in [0.2, 0.25) is 0 Å². The molecule has 3 rings (SSSR count). The van der Waals surface area contributed by atoms with E-state index < -0.39 is 0 Å². The van der Waals surface area contributed by atoms with E-state index in [1.165, 1.54) is 17.8 Å². The minimum Gasteiger partial charge on any atom is -0.316 e. The van der Waals surface area contributed by atoms with Gasteiger partial charge in [-0.25, -0.2) is 15.0 Å². The second-order valence-corrected chi connectivity index (χ2v) is 4.79. The maximum atomic E-state index is 4.54. The topological polar surface area (TPSA) is 50.7 Å². The van der Waals surface area contributed by atoms with E-state index in [0.29, 0.717) is 5.92 Å². The van der Waals surface area contributed by atoms with Gasteiger partial charge in [0.1, 0.15) is 5.01 Å². The second kappa shape index (κ2) is 3.83. The maximum Gasteiger partial charge on any atom is 0.189 e. The van der Waals surface area contributed by atoms with Crippen molar-refractivity contribution in [1.29, 1.82) is 0 Å². The number of hydrogen-bond acceptors (Lipinski definition) is 5. The number of nitrogens with zero attached hydrogens (tertiary/aromatic N) is 3. The Hall–Kier alpha value is -1.07. The molecular formula is C10H12N4S. The molecule has 0 bridgehead atoms. The summed E-state index contributed by atoms with van der Waals surface area (Å²) in [6.45, 7) is 2.18. The van der Waals surface area contributed by atoms with Crippen molar-refractivity contribution < 1.29 is 0 Å². The van der Waals surface area contributed by atoms with Crippen molar-refractivity contribution in [2.45, 2.75) is 18.8 Å². The molecule has 1 N–H and O–H groups in total. The molecule has 4 nitrogen and oxygen atoms in total. The lowest BCUT2D eigenvalue weighted by Crippen LogP contribution is -2.28. The van der Waals surface area contributed by atoms with Crippen LogP contribution in [0.1, 0.15) is 23.8 Å². The number of nitrogens with one attached hydrogen (secondary N) is 1. The van der Waals surface area contributed by atoms with Gasteiger partial charge in [-0.1, -0.05) is 11.3 Å². The van der Waals surface area contributed by atoms with Crippen LogP contribution in [-0.4, -0.2) is 28.0 Å². The average Bonchev–Trinajstić information content (AvgIpc) is 2.74. The zero-order valence-electron chi connectivity index (χ0n) is 8.31. The van der Waals surface area contributed by atoms with E-state index in [-0.39, 0.29) is 0 Å². The summed E-state index contributed by atoms with van der Waals surface area (Å²) in [5, 5.41) is 4.59. The van der Waals surface area contributed by atoms with Crippen LogP contribution in [-0.2, 0) is 0 Å². The lowest BCUT2D eigenvalue weighted by atomic mass is 10.0. The molecular weight excluding hydrogens is 208 g/mol. The molecule has 3 heterocycles. The minimum absolute atomic E-state index is 0.555. The summed E-state index contributed by atoms with van der Waals surface area (Å²) in [5.74, 6) is 0.555. The quantitative estimate of drug-likeness (QED) is 0.792. The first kappa shape index (κ1) is 9.18. The van der Waals surface area contributed by atoms with E-state index in [1.54, 1.807) is 23.7 Å². The van der Waals surface area contributed by atoms with Crippen LogP contribution in [0.3, 0.4) is 0 Å². The Bertz CT molecular complexity index is 428. The maximum absolute atomic E-state index is 4.54. The highest BCUT2D eigenvalue weighted by atomic mass is 32.1. The summed E-state index contributed by atoms with van der Waals surface area (Å²) in [7, 11) is 0. The van der Waals surface area contributed by atoms with Crippen molar-refractivity contribution in [3.63, 3.8) is 0 Å². The molecule has 1 unspecified atom stereocenters. The van der Waals surface area contributed by atoms with Crippen molar-refractivity contribution in [2.24, 2.45) is 0 Å². The highest BCUT2D eigenvalue weighted by Crippen LogP contribution is 2.28.